The number of ether oxygens (including phenoxy) is 1. The third-order valence-corrected chi connectivity index (χ3v) is 6.65. The molecule has 0 aliphatic carbocycles. The predicted molar refractivity (Wildman–Crippen MR) is 62.3 cm³/mol. The molecule has 0 spiro atoms. The molecule has 1 nitrogen and oxygen atoms in total. The lowest BCUT2D eigenvalue weighted by molar-refractivity contribution is 0.114. The van der Waals surface area contributed by atoms with Crippen LogP contribution < -0.4 is 0 Å². The van der Waals surface area contributed by atoms with E-state index in [0.29, 0.717) is 5.73 Å². The van der Waals surface area contributed by atoms with Crippen LogP contribution in [0.2, 0.25) is 0 Å². The van der Waals surface area contributed by atoms with Crippen LogP contribution in [0.15, 0.2) is 0 Å². The maximum atomic E-state index is 5.62. The van der Waals surface area contributed by atoms with Crippen LogP contribution in [-0.2, 0) is 4.74 Å². The molecule has 0 aliphatic rings. The molecular formula is C8H19IOSi. The summed E-state index contributed by atoms with van der Waals surface area (Å²) in [6, 6.07) is 0. The van der Waals surface area contributed by atoms with Crippen molar-refractivity contribution < 1.29 is 4.74 Å². The highest BCUT2D eigenvalue weighted by molar-refractivity contribution is 14.1. The molecule has 68 valence electrons. The highest BCUT2D eigenvalue weighted by Gasteiger charge is 2.11. The highest BCUT2D eigenvalue weighted by atomic mass is 127. The first kappa shape index (κ1) is 11.9. The molecule has 0 saturated carbocycles. The average molecular weight is 286 g/mol. The van der Waals surface area contributed by atoms with E-state index in [1.165, 1.54) is 12.8 Å². The van der Waals surface area contributed by atoms with Gasteiger partial charge in [0, 0.05) is 15.9 Å². The Kier molecular flexibility index (Phi) is 8.17. The Hall–Kier alpha value is 0.907. The monoisotopic (exact) mass is 286 g/mol. The molecule has 0 amide bonds. The molecule has 0 radical (unpaired) electrons. The smallest absolute Gasteiger partial charge is 0.0702 e. The van der Waals surface area contributed by atoms with Gasteiger partial charge >= 0.3 is 0 Å². The zero-order valence-corrected chi connectivity index (χ0v) is 11.3. The van der Waals surface area contributed by atoms with Crippen molar-refractivity contribution in [3.05, 3.63) is 0 Å². The van der Waals surface area contributed by atoms with Gasteiger partial charge in [-0.1, -0.05) is 36.4 Å². The molecule has 11 heavy (non-hydrogen) atoms. The fraction of sp³-hybridized carbons (Fsp3) is 1.00. The molecule has 0 aromatic carbocycles. The molecule has 0 saturated heterocycles. The number of halogens is 1. The molecular weight excluding hydrogens is 267 g/mol. The van der Waals surface area contributed by atoms with E-state index in [4.69, 9.17) is 4.74 Å². The first-order chi connectivity index (χ1) is 5.24. The van der Waals surface area contributed by atoms with Crippen molar-refractivity contribution in [2.75, 3.05) is 6.61 Å². The summed E-state index contributed by atoms with van der Waals surface area (Å²) in [6.07, 6.45) is 2.52. The largest absolute Gasteiger partial charge is 0.383 e. The fourth-order valence-electron chi connectivity index (χ4n) is 1.04. The Morgan fingerprint density at radius 2 is 1.91 bits per heavy atom. The van der Waals surface area contributed by atoms with Crippen LogP contribution in [0.4, 0.5) is 0 Å². The van der Waals surface area contributed by atoms with E-state index in [0.717, 1.165) is 10.2 Å². The van der Waals surface area contributed by atoms with Crippen molar-refractivity contribution in [3.8, 4) is 0 Å². The Labute approximate surface area is 86.2 Å². The third kappa shape index (κ3) is 6.10. The van der Waals surface area contributed by atoms with Gasteiger partial charge in [-0.2, -0.15) is 0 Å². The van der Waals surface area contributed by atoms with Crippen LogP contribution in [-0.4, -0.2) is 25.4 Å². The van der Waals surface area contributed by atoms with Gasteiger partial charge in [-0.05, 0) is 19.8 Å². The lowest BCUT2D eigenvalue weighted by Gasteiger charge is -2.16. The van der Waals surface area contributed by atoms with Crippen molar-refractivity contribution in [2.24, 2.45) is 0 Å². The zero-order chi connectivity index (χ0) is 8.69. The lowest BCUT2D eigenvalue weighted by Crippen LogP contribution is -2.26. The molecule has 0 rings (SSSR count). The molecule has 0 heterocycles. The van der Waals surface area contributed by atoms with E-state index in [1.807, 2.05) is 0 Å². The minimum Gasteiger partial charge on any atom is -0.383 e. The van der Waals surface area contributed by atoms with Gasteiger partial charge in [0.1, 0.15) is 0 Å². The number of alkyl halides is 1. The molecule has 0 aliphatic heterocycles. The average Bonchev–Trinajstić information content (AvgIpc) is 2.03. The van der Waals surface area contributed by atoms with E-state index >= 15 is 0 Å². The van der Waals surface area contributed by atoms with Gasteiger partial charge in [-0.3, -0.25) is 0 Å². The van der Waals surface area contributed by atoms with E-state index in [9.17, 15) is 0 Å². The van der Waals surface area contributed by atoms with Crippen LogP contribution in [0.25, 0.3) is 0 Å². The Morgan fingerprint density at radius 3 is 2.27 bits per heavy atom. The van der Waals surface area contributed by atoms with Crippen molar-refractivity contribution >= 4 is 32.1 Å². The van der Waals surface area contributed by atoms with Gasteiger partial charge in [-0.15, -0.1) is 0 Å². The van der Waals surface area contributed by atoms with Gasteiger partial charge in [0.25, 0.3) is 0 Å². The van der Waals surface area contributed by atoms with Crippen molar-refractivity contribution in [3.63, 3.8) is 0 Å². The van der Waals surface area contributed by atoms with Crippen LogP contribution in [0.1, 0.15) is 33.6 Å². The minimum atomic E-state index is 0.00309. The van der Waals surface area contributed by atoms with E-state index < -0.39 is 0 Å². The molecule has 0 aromatic rings. The summed E-state index contributed by atoms with van der Waals surface area (Å²) in [4.78, 5) is 0. The number of hydrogen-bond acceptors (Lipinski definition) is 1. The molecule has 0 bridgehead atoms. The Bertz CT molecular complexity index is 90.2. The SMILES string of the molecule is CCOC(CC)[SiH2]C(I)CC. The van der Waals surface area contributed by atoms with Crippen molar-refractivity contribution in [1.82, 2.24) is 0 Å². The quantitative estimate of drug-likeness (QED) is 0.413. The highest BCUT2D eigenvalue weighted by Crippen LogP contribution is 2.08. The predicted octanol–water partition coefficient (Wildman–Crippen LogP) is 2.10. The van der Waals surface area contributed by atoms with Crippen molar-refractivity contribution in [1.29, 1.82) is 0 Å². The summed E-state index contributed by atoms with van der Waals surface area (Å²) < 4.78 is 6.54. The molecule has 0 N–H and O–H groups in total. The second-order valence-electron chi connectivity index (χ2n) is 2.73. The number of hydrogen-bond donors (Lipinski definition) is 0. The van der Waals surface area contributed by atoms with E-state index in [1.54, 1.807) is 0 Å². The Balaban J connectivity index is 3.49. The lowest BCUT2D eigenvalue weighted by atomic mass is 10.5. The summed E-state index contributed by atoms with van der Waals surface area (Å²) in [6.45, 7) is 7.47. The third-order valence-electron chi connectivity index (χ3n) is 1.82. The second-order valence-corrected chi connectivity index (χ2v) is 8.52. The summed E-state index contributed by atoms with van der Waals surface area (Å²) in [5.41, 5.74) is 0.627. The topological polar surface area (TPSA) is 9.23 Å². The van der Waals surface area contributed by atoms with E-state index in [-0.39, 0.29) is 9.52 Å². The molecule has 2 atom stereocenters. The second kappa shape index (κ2) is 7.55. The summed E-state index contributed by atoms with van der Waals surface area (Å²) >= 11 is 2.57. The molecule has 2 unspecified atom stereocenters. The van der Waals surface area contributed by atoms with Gasteiger partial charge in [0.2, 0.25) is 0 Å². The standard InChI is InChI=1S/C8H19IOSi/c1-4-7(9)11-8(5-2)10-6-3/h7-8H,4-6,11H2,1-3H3. The van der Waals surface area contributed by atoms with Gasteiger partial charge in [-0.25, -0.2) is 0 Å². The van der Waals surface area contributed by atoms with Crippen molar-refractivity contribution in [2.45, 2.75) is 42.9 Å². The maximum absolute atomic E-state index is 5.62. The van der Waals surface area contributed by atoms with Crippen LogP contribution in [0.5, 0.6) is 0 Å². The molecule has 0 fully saturated rings. The van der Waals surface area contributed by atoms with Crippen LogP contribution >= 0.6 is 22.6 Å². The number of rotatable bonds is 6. The summed E-state index contributed by atoms with van der Waals surface area (Å²) in [5.74, 6) is 0. The normalized spacial score (nSPS) is 17.5. The summed E-state index contributed by atoms with van der Waals surface area (Å²) in [7, 11) is 0.00309. The molecule has 3 heteroatoms. The molecule has 0 aromatic heterocycles. The van der Waals surface area contributed by atoms with Crippen LogP contribution in [0, 0.1) is 0 Å². The minimum absolute atomic E-state index is 0.00309. The first-order valence-electron chi connectivity index (χ1n) is 4.50. The Morgan fingerprint density at radius 1 is 1.27 bits per heavy atom. The van der Waals surface area contributed by atoms with Gasteiger partial charge < -0.3 is 4.74 Å². The zero-order valence-electron chi connectivity index (χ0n) is 7.77. The van der Waals surface area contributed by atoms with Crippen LogP contribution in [0.3, 0.4) is 0 Å². The first-order valence-corrected chi connectivity index (χ1v) is 7.38. The van der Waals surface area contributed by atoms with E-state index in [2.05, 4.69) is 43.4 Å². The van der Waals surface area contributed by atoms with Gasteiger partial charge in [0.15, 0.2) is 0 Å². The summed E-state index contributed by atoms with van der Waals surface area (Å²) in [5, 5.41) is 0. The fourth-order valence-corrected chi connectivity index (χ4v) is 4.35. The maximum Gasteiger partial charge on any atom is 0.0702 e. The van der Waals surface area contributed by atoms with Gasteiger partial charge in [0.05, 0.1) is 9.52 Å².